The zero-order valence-electron chi connectivity index (χ0n) is 14.5. The smallest absolute Gasteiger partial charge is 0.319 e. The average molecular weight is 346 g/mol. The Morgan fingerprint density at radius 1 is 1.00 bits per heavy atom. The number of halogens is 1. The molecule has 2 aromatic carbocycles. The number of carbonyl (C=O) groups excluding carboxylic acids is 1. The van der Waals surface area contributed by atoms with E-state index in [1.807, 2.05) is 13.8 Å². The Morgan fingerprint density at radius 3 is 2.36 bits per heavy atom. The minimum absolute atomic E-state index is 0.268. The maximum atomic E-state index is 12.8. The molecular weight excluding hydrogens is 323 g/mol. The van der Waals surface area contributed by atoms with Crippen LogP contribution >= 0.6 is 0 Å². The van der Waals surface area contributed by atoms with Crippen LogP contribution in [0.2, 0.25) is 0 Å². The van der Waals surface area contributed by atoms with Gasteiger partial charge >= 0.3 is 6.03 Å². The largest absolute Gasteiger partial charge is 0.490 e. The van der Waals surface area contributed by atoms with Crippen molar-refractivity contribution in [1.29, 1.82) is 0 Å². The summed E-state index contributed by atoms with van der Waals surface area (Å²) in [7, 11) is 0. The first-order chi connectivity index (χ1) is 12.1. The standard InChI is InChI=1S/C19H23FN2O3/c1-3-24-17-10-9-16(13-18(17)25-4-2)22-19(23)21-12-11-14-5-7-15(20)8-6-14/h5-10,13H,3-4,11-12H2,1-2H3,(H2,21,22,23). The molecule has 0 spiro atoms. The first kappa shape index (κ1) is 18.6. The van der Waals surface area contributed by atoms with Gasteiger partial charge in [0.05, 0.1) is 13.2 Å². The maximum Gasteiger partial charge on any atom is 0.319 e. The summed E-state index contributed by atoms with van der Waals surface area (Å²) in [5.74, 6) is 0.968. The third kappa shape index (κ3) is 5.99. The molecule has 0 fully saturated rings. The van der Waals surface area contributed by atoms with E-state index in [2.05, 4.69) is 10.6 Å². The first-order valence-corrected chi connectivity index (χ1v) is 8.31. The molecule has 0 saturated carbocycles. The van der Waals surface area contributed by atoms with E-state index in [0.29, 0.717) is 43.4 Å². The Morgan fingerprint density at radius 2 is 1.68 bits per heavy atom. The van der Waals surface area contributed by atoms with Crippen LogP contribution in [0.15, 0.2) is 42.5 Å². The minimum atomic E-state index is -0.311. The van der Waals surface area contributed by atoms with Gasteiger partial charge in [0.1, 0.15) is 5.82 Å². The fourth-order valence-electron chi connectivity index (χ4n) is 2.28. The molecule has 134 valence electrons. The summed E-state index contributed by atoms with van der Waals surface area (Å²) in [6.45, 7) is 5.28. The summed E-state index contributed by atoms with van der Waals surface area (Å²) in [5, 5.41) is 5.53. The molecule has 2 rings (SSSR count). The Kier molecular flexibility index (Phi) is 7.07. The Balaban J connectivity index is 1.86. The van der Waals surface area contributed by atoms with Crippen LogP contribution in [0.1, 0.15) is 19.4 Å². The molecule has 0 aliphatic rings. The normalized spacial score (nSPS) is 10.2. The molecule has 0 radical (unpaired) electrons. The minimum Gasteiger partial charge on any atom is -0.490 e. The molecular formula is C19H23FN2O3. The third-order valence-corrected chi connectivity index (χ3v) is 3.41. The molecule has 2 amide bonds. The van der Waals surface area contributed by atoms with Crippen molar-refractivity contribution in [3.05, 3.63) is 53.8 Å². The zero-order valence-corrected chi connectivity index (χ0v) is 14.5. The van der Waals surface area contributed by atoms with Crippen molar-refractivity contribution >= 4 is 11.7 Å². The molecule has 0 unspecified atom stereocenters. The van der Waals surface area contributed by atoms with Gasteiger partial charge < -0.3 is 20.1 Å². The van der Waals surface area contributed by atoms with Crippen LogP contribution < -0.4 is 20.1 Å². The summed E-state index contributed by atoms with van der Waals surface area (Å²) in [5.41, 5.74) is 1.58. The lowest BCUT2D eigenvalue weighted by molar-refractivity contribution is 0.252. The summed E-state index contributed by atoms with van der Waals surface area (Å²) in [4.78, 5) is 12.0. The van der Waals surface area contributed by atoms with Gasteiger partial charge in [-0.25, -0.2) is 9.18 Å². The number of hydrogen-bond acceptors (Lipinski definition) is 3. The molecule has 25 heavy (non-hydrogen) atoms. The van der Waals surface area contributed by atoms with Gasteiger partial charge in [-0.2, -0.15) is 0 Å². The molecule has 0 atom stereocenters. The number of urea groups is 1. The predicted octanol–water partition coefficient (Wildman–Crippen LogP) is 3.99. The van der Waals surface area contributed by atoms with E-state index < -0.39 is 0 Å². The summed E-state index contributed by atoms with van der Waals surface area (Å²) in [6.07, 6.45) is 0.626. The number of benzene rings is 2. The Bertz CT molecular complexity index is 690. The van der Waals surface area contributed by atoms with E-state index in [0.717, 1.165) is 5.56 Å². The van der Waals surface area contributed by atoms with E-state index in [1.165, 1.54) is 12.1 Å². The van der Waals surface area contributed by atoms with Crippen LogP contribution in [0.4, 0.5) is 14.9 Å². The topological polar surface area (TPSA) is 59.6 Å². The summed E-state index contributed by atoms with van der Waals surface area (Å²) < 4.78 is 23.9. The van der Waals surface area contributed by atoms with Crippen molar-refractivity contribution in [1.82, 2.24) is 5.32 Å². The van der Waals surface area contributed by atoms with Crippen molar-refractivity contribution in [2.45, 2.75) is 20.3 Å². The molecule has 0 aliphatic heterocycles. The molecule has 0 heterocycles. The van der Waals surface area contributed by atoms with Gasteiger partial charge in [0.15, 0.2) is 11.5 Å². The van der Waals surface area contributed by atoms with Crippen LogP contribution in [0.5, 0.6) is 11.5 Å². The number of nitrogens with one attached hydrogen (secondary N) is 2. The molecule has 2 aromatic rings. The second kappa shape index (κ2) is 9.52. The van der Waals surface area contributed by atoms with Crippen LogP contribution in [0.3, 0.4) is 0 Å². The summed E-state index contributed by atoms with van der Waals surface area (Å²) in [6, 6.07) is 11.2. The molecule has 0 aromatic heterocycles. The van der Waals surface area contributed by atoms with Gasteiger partial charge in [-0.15, -0.1) is 0 Å². The van der Waals surface area contributed by atoms with Gasteiger partial charge in [-0.1, -0.05) is 12.1 Å². The molecule has 0 aliphatic carbocycles. The van der Waals surface area contributed by atoms with E-state index in [9.17, 15) is 9.18 Å². The lowest BCUT2D eigenvalue weighted by atomic mass is 10.1. The van der Waals surface area contributed by atoms with Gasteiger partial charge in [0.2, 0.25) is 0 Å². The summed E-state index contributed by atoms with van der Waals surface area (Å²) >= 11 is 0. The second-order valence-corrected chi connectivity index (χ2v) is 5.28. The van der Waals surface area contributed by atoms with Crippen molar-refractivity contribution in [3.8, 4) is 11.5 Å². The van der Waals surface area contributed by atoms with Crippen LogP contribution in [-0.2, 0) is 6.42 Å². The average Bonchev–Trinajstić information content (AvgIpc) is 2.59. The number of anilines is 1. The van der Waals surface area contributed by atoms with Gasteiger partial charge in [0.25, 0.3) is 0 Å². The highest BCUT2D eigenvalue weighted by molar-refractivity contribution is 5.89. The van der Waals surface area contributed by atoms with Gasteiger partial charge in [0, 0.05) is 18.3 Å². The first-order valence-electron chi connectivity index (χ1n) is 8.31. The zero-order chi connectivity index (χ0) is 18.1. The molecule has 5 nitrogen and oxygen atoms in total. The Hall–Kier alpha value is -2.76. The highest BCUT2D eigenvalue weighted by Gasteiger charge is 2.08. The molecule has 0 saturated heterocycles. The second-order valence-electron chi connectivity index (χ2n) is 5.28. The number of hydrogen-bond donors (Lipinski definition) is 2. The van der Waals surface area contributed by atoms with Crippen molar-refractivity contribution in [3.63, 3.8) is 0 Å². The van der Waals surface area contributed by atoms with Crippen molar-refractivity contribution in [2.24, 2.45) is 0 Å². The predicted molar refractivity (Wildman–Crippen MR) is 95.9 cm³/mol. The maximum absolute atomic E-state index is 12.8. The van der Waals surface area contributed by atoms with E-state index in [-0.39, 0.29) is 11.8 Å². The van der Waals surface area contributed by atoms with E-state index in [1.54, 1.807) is 30.3 Å². The van der Waals surface area contributed by atoms with Crippen molar-refractivity contribution < 1.29 is 18.7 Å². The lowest BCUT2D eigenvalue weighted by Gasteiger charge is -2.13. The van der Waals surface area contributed by atoms with E-state index in [4.69, 9.17) is 9.47 Å². The van der Waals surface area contributed by atoms with Gasteiger partial charge in [-0.3, -0.25) is 0 Å². The monoisotopic (exact) mass is 346 g/mol. The SMILES string of the molecule is CCOc1ccc(NC(=O)NCCc2ccc(F)cc2)cc1OCC. The number of rotatable bonds is 8. The number of amides is 2. The fraction of sp³-hybridized carbons (Fsp3) is 0.316. The van der Waals surface area contributed by atoms with Crippen LogP contribution in [0, 0.1) is 5.82 Å². The number of ether oxygens (including phenoxy) is 2. The molecule has 6 heteroatoms. The molecule has 0 bridgehead atoms. The molecule has 2 N–H and O–H groups in total. The van der Waals surface area contributed by atoms with Crippen LogP contribution in [-0.4, -0.2) is 25.8 Å². The van der Waals surface area contributed by atoms with E-state index >= 15 is 0 Å². The lowest BCUT2D eigenvalue weighted by Crippen LogP contribution is -2.30. The quantitative estimate of drug-likeness (QED) is 0.760. The van der Waals surface area contributed by atoms with Crippen LogP contribution in [0.25, 0.3) is 0 Å². The highest BCUT2D eigenvalue weighted by Crippen LogP contribution is 2.30. The third-order valence-electron chi connectivity index (χ3n) is 3.41. The fourth-order valence-corrected chi connectivity index (χ4v) is 2.28. The number of carbonyl (C=O) groups is 1. The van der Waals surface area contributed by atoms with Gasteiger partial charge in [-0.05, 0) is 50.1 Å². The highest BCUT2D eigenvalue weighted by atomic mass is 19.1. The van der Waals surface area contributed by atoms with Crippen molar-refractivity contribution in [2.75, 3.05) is 25.1 Å². The Labute approximate surface area is 147 Å².